The highest BCUT2D eigenvalue weighted by atomic mass is 32.1. The minimum absolute atomic E-state index is 0.0332. The first-order chi connectivity index (χ1) is 11.8. The lowest BCUT2D eigenvalue weighted by Crippen LogP contribution is -2.22. The molecule has 1 atom stereocenters. The van der Waals surface area contributed by atoms with Gasteiger partial charge in [-0.3, -0.25) is 0 Å². The summed E-state index contributed by atoms with van der Waals surface area (Å²) in [5.74, 6) is 0.718. The normalized spacial score (nSPS) is 17.4. The van der Waals surface area contributed by atoms with Gasteiger partial charge in [-0.1, -0.05) is 17.3 Å². The smallest absolute Gasteiger partial charge is 0.249 e. The van der Waals surface area contributed by atoms with Crippen molar-refractivity contribution in [3.63, 3.8) is 0 Å². The van der Waals surface area contributed by atoms with Crippen LogP contribution in [-0.4, -0.2) is 21.7 Å². The van der Waals surface area contributed by atoms with E-state index in [0.29, 0.717) is 11.7 Å². The minimum Gasteiger partial charge on any atom is -0.482 e. The molecule has 0 N–H and O–H groups in total. The molecule has 0 amide bonds. The monoisotopic (exact) mass is 346 g/mol. The van der Waals surface area contributed by atoms with Crippen LogP contribution >= 0.6 is 11.3 Å². The van der Waals surface area contributed by atoms with Crippen LogP contribution in [0.15, 0.2) is 40.4 Å². The van der Waals surface area contributed by atoms with E-state index in [9.17, 15) is 4.39 Å². The largest absolute Gasteiger partial charge is 0.482 e. The van der Waals surface area contributed by atoms with Gasteiger partial charge in [0.2, 0.25) is 11.7 Å². The fourth-order valence-electron chi connectivity index (χ4n) is 2.78. The van der Waals surface area contributed by atoms with Gasteiger partial charge in [0.25, 0.3) is 0 Å². The van der Waals surface area contributed by atoms with E-state index in [1.54, 1.807) is 35.7 Å². The Labute approximate surface area is 141 Å². The van der Waals surface area contributed by atoms with Crippen LogP contribution in [0, 0.1) is 5.82 Å². The van der Waals surface area contributed by atoms with Crippen LogP contribution in [0.4, 0.5) is 9.52 Å². The molecule has 1 aliphatic rings. The lowest BCUT2D eigenvalue weighted by molar-refractivity contribution is 0.271. The number of thiazole rings is 1. The van der Waals surface area contributed by atoms with Gasteiger partial charge >= 0.3 is 0 Å². The summed E-state index contributed by atoms with van der Waals surface area (Å²) in [5.41, 5.74) is 0. The topological polar surface area (TPSA) is 64.3 Å². The van der Waals surface area contributed by atoms with E-state index < -0.39 is 5.82 Å². The third kappa shape index (κ3) is 2.96. The summed E-state index contributed by atoms with van der Waals surface area (Å²) < 4.78 is 24.4. The third-order valence-electron chi connectivity index (χ3n) is 3.88. The first-order valence-electron chi connectivity index (χ1n) is 7.67. The van der Waals surface area contributed by atoms with Gasteiger partial charge in [-0.15, -0.1) is 11.3 Å². The second-order valence-electron chi connectivity index (χ2n) is 5.43. The molecule has 0 spiro atoms. The second-order valence-corrected chi connectivity index (χ2v) is 6.31. The molecule has 0 radical (unpaired) electrons. The second kappa shape index (κ2) is 6.56. The number of rotatable bonds is 5. The van der Waals surface area contributed by atoms with E-state index in [0.717, 1.165) is 24.5 Å². The van der Waals surface area contributed by atoms with Gasteiger partial charge in [0.15, 0.2) is 23.3 Å². The fraction of sp³-hybridized carbons (Fsp3) is 0.312. The number of hydrogen-bond acceptors (Lipinski definition) is 7. The van der Waals surface area contributed by atoms with Gasteiger partial charge in [0, 0.05) is 18.1 Å². The summed E-state index contributed by atoms with van der Waals surface area (Å²) in [4.78, 5) is 10.9. The van der Waals surface area contributed by atoms with E-state index in [-0.39, 0.29) is 18.4 Å². The Kier molecular flexibility index (Phi) is 4.12. The van der Waals surface area contributed by atoms with Crippen LogP contribution in [-0.2, 0) is 6.61 Å². The average molecular weight is 346 g/mol. The van der Waals surface area contributed by atoms with Gasteiger partial charge < -0.3 is 14.2 Å². The average Bonchev–Trinajstić information content (AvgIpc) is 3.33. The lowest BCUT2D eigenvalue weighted by atomic mass is 10.2. The number of aromatic nitrogens is 3. The fourth-order valence-corrected chi connectivity index (χ4v) is 3.49. The zero-order chi connectivity index (χ0) is 16.4. The van der Waals surface area contributed by atoms with Gasteiger partial charge in [0.05, 0.1) is 0 Å². The van der Waals surface area contributed by atoms with E-state index in [1.807, 2.05) is 5.38 Å². The molecule has 4 rings (SSSR count). The Bertz CT molecular complexity index is 808. The Morgan fingerprint density at radius 3 is 3.12 bits per heavy atom. The molecule has 3 heterocycles. The zero-order valence-corrected chi connectivity index (χ0v) is 13.6. The Balaban J connectivity index is 1.46. The maximum Gasteiger partial charge on any atom is 0.249 e. The summed E-state index contributed by atoms with van der Waals surface area (Å²) in [6.07, 6.45) is 3.78. The summed E-state index contributed by atoms with van der Waals surface area (Å²) in [7, 11) is 0. The van der Waals surface area contributed by atoms with Crippen LogP contribution in [0.5, 0.6) is 5.75 Å². The number of para-hydroxylation sites is 1. The van der Waals surface area contributed by atoms with Crippen molar-refractivity contribution in [3.05, 3.63) is 53.4 Å². The minimum atomic E-state index is -0.410. The molecule has 1 aliphatic heterocycles. The molecular formula is C16H15FN4O2S. The number of benzene rings is 1. The molecule has 24 heavy (non-hydrogen) atoms. The van der Waals surface area contributed by atoms with E-state index in [2.05, 4.69) is 20.0 Å². The number of hydrogen-bond donors (Lipinski definition) is 0. The molecule has 0 saturated carbocycles. The molecule has 0 unspecified atom stereocenters. The molecule has 124 valence electrons. The van der Waals surface area contributed by atoms with Crippen LogP contribution < -0.4 is 9.64 Å². The first-order valence-corrected chi connectivity index (χ1v) is 8.55. The summed E-state index contributed by atoms with van der Waals surface area (Å²) in [6, 6.07) is 6.27. The molecule has 6 nitrogen and oxygen atoms in total. The summed E-state index contributed by atoms with van der Waals surface area (Å²) >= 11 is 1.59. The van der Waals surface area contributed by atoms with Crippen molar-refractivity contribution in [1.29, 1.82) is 0 Å². The molecular weight excluding hydrogens is 331 g/mol. The zero-order valence-electron chi connectivity index (χ0n) is 12.8. The lowest BCUT2D eigenvalue weighted by Gasteiger charge is -2.20. The van der Waals surface area contributed by atoms with Gasteiger partial charge in [-0.05, 0) is 25.0 Å². The number of halogens is 1. The molecule has 8 heteroatoms. The van der Waals surface area contributed by atoms with Crippen molar-refractivity contribution in [2.24, 2.45) is 0 Å². The molecule has 0 aliphatic carbocycles. The third-order valence-corrected chi connectivity index (χ3v) is 4.69. The van der Waals surface area contributed by atoms with Crippen molar-refractivity contribution in [3.8, 4) is 5.75 Å². The summed E-state index contributed by atoms with van der Waals surface area (Å²) in [5, 5.41) is 6.85. The Morgan fingerprint density at radius 1 is 1.38 bits per heavy atom. The predicted molar refractivity (Wildman–Crippen MR) is 86.5 cm³/mol. The number of nitrogens with zero attached hydrogens (tertiary/aromatic N) is 4. The van der Waals surface area contributed by atoms with E-state index >= 15 is 0 Å². The standard InChI is InChI=1S/C16H15FN4O2S/c17-11-4-1-2-6-13(11)22-10-14-19-15(23-20-14)12-5-3-8-21(12)16-18-7-9-24-16/h1-2,4,6-7,9,12H,3,5,8,10H2/t12-/m1/s1. The maximum atomic E-state index is 13.5. The maximum absolute atomic E-state index is 13.5. The van der Waals surface area contributed by atoms with E-state index in [1.165, 1.54) is 6.07 Å². The Hall–Kier alpha value is -2.48. The molecule has 1 fully saturated rings. The number of anilines is 1. The quantitative estimate of drug-likeness (QED) is 0.703. The van der Waals surface area contributed by atoms with Gasteiger partial charge in [-0.25, -0.2) is 9.37 Å². The van der Waals surface area contributed by atoms with Crippen molar-refractivity contribution < 1.29 is 13.7 Å². The SMILES string of the molecule is Fc1ccccc1OCc1noc([C@H]2CCCN2c2nccs2)n1. The van der Waals surface area contributed by atoms with Crippen molar-refractivity contribution in [2.45, 2.75) is 25.5 Å². The molecule has 3 aromatic rings. The van der Waals surface area contributed by atoms with Crippen molar-refractivity contribution >= 4 is 16.5 Å². The number of ether oxygens (including phenoxy) is 1. The Morgan fingerprint density at radius 2 is 2.29 bits per heavy atom. The van der Waals surface area contributed by atoms with Crippen molar-refractivity contribution in [2.75, 3.05) is 11.4 Å². The summed E-state index contributed by atoms with van der Waals surface area (Å²) in [6.45, 7) is 0.982. The van der Waals surface area contributed by atoms with Crippen LogP contribution in [0.1, 0.15) is 30.6 Å². The van der Waals surface area contributed by atoms with Crippen LogP contribution in [0.3, 0.4) is 0 Å². The first kappa shape index (κ1) is 15.1. The molecule has 1 aromatic carbocycles. The van der Waals surface area contributed by atoms with Gasteiger partial charge in [0.1, 0.15) is 6.04 Å². The highest BCUT2D eigenvalue weighted by Gasteiger charge is 2.32. The molecule has 2 aromatic heterocycles. The van der Waals surface area contributed by atoms with Crippen LogP contribution in [0.2, 0.25) is 0 Å². The van der Waals surface area contributed by atoms with Crippen LogP contribution in [0.25, 0.3) is 0 Å². The molecule has 0 bridgehead atoms. The van der Waals surface area contributed by atoms with E-state index in [4.69, 9.17) is 9.26 Å². The van der Waals surface area contributed by atoms with Gasteiger partial charge in [-0.2, -0.15) is 4.98 Å². The predicted octanol–water partition coefficient (Wildman–Crippen LogP) is 3.59. The van der Waals surface area contributed by atoms with Crippen molar-refractivity contribution in [1.82, 2.24) is 15.1 Å². The highest BCUT2D eigenvalue weighted by molar-refractivity contribution is 7.13. The highest BCUT2D eigenvalue weighted by Crippen LogP contribution is 2.36. The molecule has 1 saturated heterocycles.